The zero-order chi connectivity index (χ0) is 17.0. The lowest BCUT2D eigenvalue weighted by atomic mass is 9.94. The second kappa shape index (κ2) is 7.30. The van der Waals surface area contributed by atoms with Crippen molar-refractivity contribution < 1.29 is 19.0 Å². The molecule has 1 saturated heterocycles. The van der Waals surface area contributed by atoms with E-state index in [4.69, 9.17) is 4.74 Å². The molecule has 5 heteroatoms. The zero-order valence-electron chi connectivity index (χ0n) is 14.1. The molecule has 2 rings (SSSR count). The highest BCUT2D eigenvalue weighted by Gasteiger charge is 2.31. The Hall–Kier alpha value is -1.62. The first kappa shape index (κ1) is 17.7. The Morgan fingerprint density at radius 1 is 1.35 bits per heavy atom. The van der Waals surface area contributed by atoms with Crippen LogP contribution in [0.4, 0.5) is 9.18 Å². The van der Waals surface area contributed by atoms with E-state index in [-0.39, 0.29) is 18.0 Å². The molecule has 0 aromatic heterocycles. The minimum Gasteiger partial charge on any atom is -0.444 e. The molecule has 1 aliphatic heterocycles. The quantitative estimate of drug-likeness (QED) is 0.913. The summed E-state index contributed by atoms with van der Waals surface area (Å²) in [6, 6.07) is 5.79. The van der Waals surface area contributed by atoms with E-state index in [0.29, 0.717) is 18.5 Å². The fraction of sp³-hybridized carbons (Fsp3) is 0.611. The van der Waals surface area contributed by atoms with Crippen molar-refractivity contribution in [3.63, 3.8) is 0 Å². The molecular weight excluding hydrogens is 297 g/mol. The fourth-order valence-corrected chi connectivity index (χ4v) is 2.89. The van der Waals surface area contributed by atoms with Crippen molar-refractivity contribution in [2.45, 2.75) is 64.2 Å². The van der Waals surface area contributed by atoms with E-state index in [1.54, 1.807) is 17.0 Å². The number of piperidine rings is 1. The summed E-state index contributed by atoms with van der Waals surface area (Å²) < 4.78 is 18.4. The maximum absolute atomic E-state index is 13.0. The van der Waals surface area contributed by atoms with E-state index in [0.717, 1.165) is 19.3 Å². The molecule has 1 fully saturated rings. The predicted molar refractivity (Wildman–Crippen MR) is 86.6 cm³/mol. The first-order valence-electron chi connectivity index (χ1n) is 8.19. The van der Waals surface area contributed by atoms with E-state index in [9.17, 15) is 14.3 Å². The van der Waals surface area contributed by atoms with E-state index in [2.05, 4.69) is 0 Å². The van der Waals surface area contributed by atoms with Gasteiger partial charge in [0.15, 0.2) is 0 Å². The summed E-state index contributed by atoms with van der Waals surface area (Å²) in [4.78, 5) is 14.1. The van der Waals surface area contributed by atoms with Crippen LogP contribution in [0.2, 0.25) is 0 Å². The van der Waals surface area contributed by atoms with Crippen molar-refractivity contribution in [3.05, 3.63) is 35.6 Å². The SMILES string of the molecule is CC(C)(C)OC(=O)N1CCCC[C@H]1C[C@@H](O)c1ccc(F)cc1. The van der Waals surface area contributed by atoms with Gasteiger partial charge in [-0.15, -0.1) is 0 Å². The van der Waals surface area contributed by atoms with Gasteiger partial charge in [-0.05, 0) is 64.2 Å². The van der Waals surface area contributed by atoms with Gasteiger partial charge in [0, 0.05) is 12.6 Å². The van der Waals surface area contributed by atoms with Crippen LogP contribution in [0.5, 0.6) is 0 Å². The van der Waals surface area contributed by atoms with Crippen molar-refractivity contribution in [3.8, 4) is 0 Å². The summed E-state index contributed by atoms with van der Waals surface area (Å²) in [5.41, 5.74) is 0.135. The Balaban J connectivity index is 2.03. The molecular formula is C18H26FNO3. The zero-order valence-corrected chi connectivity index (χ0v) is 14.1. The summed E-state index contributed by atoms with van der Waals surface area (Å²) in [5.74, 6) is -0.325. The van der Waals surface area contributed by atoms with Crippen molar-refractivity contribution in [1.29, 1.82) is 0 Å². The van der Waals surface area contributed by atoms with Crippen molar-refractivity contribution in [2.24, 2.45) is 0 Å². The molecule has 0 radical (unpaired) electrons. The van der Waals surface area contributed by atoms with Crippen LogP contribution in [0.1, 0.15) is 58.1 Å². The number of carbonyl (C=O) groups is 1. The van der Waals surface area contributed by atoms with Gasteiger partial charge in [-0.2, -0.15) is 0 Å². The number of nitrogens with zero attached hydrogens (tertiary/aromatic N) is 1. The first-order chi connectivity index (χ1) is 10.8. The van der Waals surface area contributed by atoms with Gasteiger partial charge in [0.2, 0.25) is 0 Å². The van der Waals surface area contributed by atoms with Gasteiger partial charge in [-0.3, -0.25) is 0 Å². The second-order valence-electron chi connectivity index (χ2n) is 7.13. The summed E-state index contributed by atoms with van der Waals surface area (Å²) >= 11 is 0. The topological polar surface area (TPSA) is 49.8 Å². The Morgan fingerprint density at radius 2 is 2.00 bits per heavy atom. The molecule has 4 nitrogen and oxygen atoms in total. The van der Waals surface area contributed by atoms with E-state index in [1.807, 2.05) is 20.8 Å². The molecule has 0 aliphatic carbocycles. The third-order valence-electron chi connectivity index (χ3n) is 4.01. The van der Waals surface area contributed by atoms with Gasteiger partial charge in [-0.25, -0.2) is 9.18 Å². The monoisotopic (exact) mass is 323 g/mol. The number of amides is 1. The Labute approximate surface area is 137 Å². The van der Waals surface area contributed by atoms with Crippen molar-refractivity contribution >= 4 is 6.09 Å². The third kappa shape index (κ3) is 5.20. The first-order valence-corrected chi connectivity index (χ1v) is 8.19. The third-order valence-corrected chi connectivity index (χ3v) is 4.01. The van der Waals surface area contributed by atoms with Crippen molar-refractivity contribution in [1.82, 2.24) is 4.90 Å². The molecule has 23 heavy (non-hydrogen) atoms. The maximum atomic E-state index is 13.0. The molecule has 1 aromatic rings. The van der Waals surface area contributed by atoms with Crippen LogP contribution < -0.4 is 0 Å². The molecule has 0 spiro atoms. The number of hydrogen-bond acceptors (Lipinski definition) is 3. The highest BCUT2D eigenvalue weighted by Crippen LogP contribution is 2.28. The minimum absolute atomic E-state index is 0.0568. The number of benzene rings is 1. The molecule has 1 N–H and O–H groups in total. The lowest BCUT2D eigenvalue weighted by molar-refractivity contribution is 0.00237. The fourth-order valence-electron chi connectivity index (χ4n) is 2.89. The van der Waals surface area contributed by atoms with Crippen LogP contribution in [0.3, 0.4) is 0 Å². The average molecular weight is 323 g/mol. The summed E-state index contributed by atoms with van der Waals surface area (Å²) in [5, 5.41) is 10.4. The molecule has 0 saturated carbocycles. The number of likely N-dealkylation sites (tertiary alicyclic amines) is 1. The van der Waals surface area contributed by atoms with E-state index in [1.165, 1.54) is 12.1 Å². The molecule has 1 heterocycles. The Bertz CT molecular complexity index is 524. The number of carbonyl (C=O) groups excluding carboxylic acids is 1. The highest BCUT2D eigenvalue weighted by atomic mass is 19.1. The predicted octanol–water partition coefficient (Wildman–Crippen LogP) is 4.04. The summed E-state index contributed by atoms with van der Waals surface area (Å²) in [6.07, 6.45) is 2.21. The lowest BCUT2D eigenvalue weighted by Crippen LogP contribution is -2.46. The van der Waals surface area contributed by atoms with Crippen LogP contribution >= 0.6 is 0 Å². The number of rotatable bonds is 3. The van der Waals surface area contributed by atoms with Gasteiger partial charge < -0.3 is 14.7 Å². The minimum atomic E-state index is -0.719. The smallest absolute Gasteiger partial charge is 0.410 e. The van der Waals surface area contributed by atoms with Gasteiger partial charge in [0.05, 0.1) is 6.10 Å². The maximum Gasteiger partial charge on any atom is 0.410 e. The average Bonchev–Trinajstić information content (AvgIpc) is 2.46. The van der Waals surface area contributed by atoms with Crippen molar-refractivity contribution in [2.75, 3.05) is 6.54 Å². The Kier molecular flexibility index (Phi) is 5.63. The van der Waals surface area contributed by atoms with Gasteiger partial charge in [0.25, 0.3) is 0 Å². The van der Waals surface area contributed by atoms with Crippen LogP contribution in [0.15, 0.2) is 24.3 Å². The van der Waals surface area contributed by atoms with Crippen LogP contribution in [0.25, 0.3) is 0 Å². The molecule has 1 aliphatic rings. The van der Waals surface area contributed by atoms with Gasteiger partial charge >= 0.3 is 6.09 Å². The molecule has 0 unspecified atom stereocenters. The standard InChI is InChI=1S/C18H26FNO3/c1-18(2,3)23-17(22)20-11-5-4-6-15(20)12-16(21)13-7-9-14(19)10-8-13/h7-10,15-16,21H,4-6,11-12H2,1-3H3/t15-,16+/m0/s1. The number of ether oxygens (including phenoxy) is 1. The molecule has 128 valence electrons. The second-order valence-corrected chi connectivity index (χ2v) is 7.13. The van der Waals surface area contributed by atoms with Crippen LogP contribution in [0, 0.1) is 5.82 Å². The van der Waals surface area contributed by atoms with Crippen LogP contribution in [-0.4, -0.2) is 34.3 Å². The lowest BCUT2D eigenvalue weighted by Gasteiger charge is -2.37. The number of hydrogen-bond donors (Lipinski definition) is 1. The van der Waals surface area contributed by atoms with E-state index >= 15 is 0 Å². The van der Waals surface area contributed by atoms with Gasteiger partial charge in [0.1, 0.15) is 11.4 Å². The Morgan fingerprint density at radius 3 is 2.61 bits per heavy atom. The summed E-state index contributed by atoms with van der Waals surface area (Å²) in [7, 11) is 0. The van der Waals surface area contributed by atoms with E-state index < -0.39 is 11.7 Å². The molecule has 0 bridgehead atoms. The molecule has 2 atom stereocenters. The molecule has 1 amide bonds. The summed E-state index contributed by atoms with van der Waals surface area (Å²) in [6.45, 7) is 6.18. The van der Waals surface area contributed by atoms with Gasteiger partial charge in [-0.1, -0.05) is 12.1 Å². The molecule has 1 aromatic carbocycles. The largest absolute Gasteiger partial charge is 0.444 e. The van der Waals surface area contributed by atoms with Crippen LogP contribution in [-0.2, 0) is 4.74 Å². The highest BCUT2D eigenvalue weighted by molar-refractivity contribution is 5.68. The number of halogens is 1. The number of aliphatic hydroxyl groups is 1. The number of aliphatic hydroxyl groups excluding tert-OH is 1. The normalized spacial score (nSPS) is 20.2.